The second-order valence-corrected chi connectivity index (χ2v) is 4.87. The molecule has 0 aromatic rings. The molecule has 1 N–H and O–H groups in total. The van der Waals surface area contributed by atoms with Crippen LogP contribution in [0, 0.1) is 5.92 Å². The number of ether oxygens (including phenoxy) is 2. The maximum Gasteiger partial charge on any atom is 0.326 e. The smallest absolute Gasteiger partial charge is 0.326 e. The Labute approximate surface area is 105 Å². The lowest BCUT2D eigenvalue weighted by molar-refractivity contribution is -0.151. The first-order valence-electron chi connectivity index (χ1n) is 6.35. The fourth-order valence-corrected chi connectivity index (χ4v) is 1.26. The molecule has 4 heteroatoms. The number of hydrogen-bond donors (Lipinski definition) is 1. The second-order valence-electron chi connectivity index (χ2n) is 4.87. The molecule has 2 unspecified atom stereocenters. The van der Waals surface area contributed by atoms with E-state index in [0.29, 0.717) is 25.6 Å². The van der Waals surface area contributed by atoms with Crippen molar-refractivity contribution in [3.63, 3.8) is 0 Å². The van der Waals surface area contributed by atoms with Crippen LogP contribution in [0.4, 0.5) is 0 Å². The van der Waals surface area contributed by atoms with Gasteiger partial charge in [0.05, 0.1) is 12.7 Å². The van der Waals surface area contributed by atoms with Crippen molar-refractivity contribution in [2.75, 3.05) is 20.3 Å². The van der Waals surface area contributed by atoms with E-state index in [0.717, 1.165) is 0 Å². The van der Waals surface area contributed by atoms with Crippen molar-refractivity contribution in [2.45, 2.75) is 52.7 Å². The lowest BCUT2D eigenvalue weighted by Gasteiger charge is -2.27. The maximum atomic E-state index is 11.8. The van der Waals surface area contributed by atoms with Crippen molar-refractivity contribution in [3.05, 3.63) is 0 Å². The highest BCUT2D eigenvalue weighted by Crippen LogP contribution is 2.14. The molecule has 0 aliphatic rings. The number of hydrogen-bond acceptors (Lipinski definition) is 4. The largest absolute Gasteiger partial charge is 0.465 e. The summed E-state index contributed by atoms with van der Waals surface area (Å²) in [5.41, 5.74) is -0.660. The molecule has 0 radical (unpaired) electrons. The van der Waals surface area contributed by atoms with Gasteiger partial charge in [-0.15, -0.1) is 0 Å². The molecule has 17 heavy (non-hydrogen) atoms. The Hall–Kier alpha value is -0.610. The molecular weight excluding hydrogens is 218 g/mol. The van der Waals surface area contributed by atoms with Crippen LogP contribution in [0.2, 0.25) is 0 Å². The van der Waals surface area contributed by atoms with Crippen LogP contribution in [0.25, 0.3) is 0 Å². The summed E-state index contributed by atoms with van der Waals surface area (Å²) in [5, 5.41) is 3.01. The number of carbonyl (C=O) groups excluding carboxylic acids is 1. The van der Waals surface area contributed by atoms with Gasteiger partial charge in [0.25, 0.3) is 0 Å². The Morgan fingerprint density at radius 3 is 2.35 bits per heavy atom. The van der Waals surface area contributed by atoms with E-state index in [4.69, 9.17) is 9.47 Å². The molecule has 102 valence electrons. The molecule has 0 aliphatic carbocycles. The molecule has 0 bridgehead atoms. The van der Waals surface area contributed by atoms with Gasteiger partial charge in [-0.25, -0.2) is 0 Å². The summed E-state index contributed by atoms with van der Waals surface area (Å²) in [5.74, 6) is 0.265. The van der Waals surface area contributed by atoms with Crippen LogP contribution in [0.1, 0.15) is 41.0 Å². The van der Waals surface area contributed by atoms with E-state index in [9.17, 15) is 4.79 Å². The molecule has 0 spiro atoms. The van der Waals surface area contributed by atoms with E-state index in [1.54, 1.807) is 7.05 Å². The van der Waals surface area contributed by atoms with Crippen molar-refractivity contribution in [1.82, 2.24) is 5.32 Å². The molecule has 2 atom stereocenters. The minimum absolute atomic E-state index is 0.207. The number of rotatable bonds is 8. The van der Waals surface area contributed by atoms with Crippen molar-refractivity contribution in [1.29, 1.82) is 0 Å². The molecule has 0 heterocycles. The molecule has 0 aromatic carbocycles. The van der Waals surface area contributed by atoms with Crippen molar-refractivity contribution < 1.29 is 14.3 Å². The fraction of sp³-hybridized carbons (Fsp3) is 0.923. The fourth-order valence-electron chi connectivity index (χ4n) is 1.26. The number of likely N-dealkylation sites (N-methyl/N-ethyl adjacent to an activating group) is 1. The van der Waals surface area contributed by atoms with Gasteiger partial charge < -0.3 is 14.8 Å². The predicted octanol–water partition coefficient (Wildman–Crippen LogP) is 1.98. The van der Waals surface area contributed by atoms with Gasteiger partial charge in [0.1, 0.15) is 5.54 Å². The van der Waals surface area contributed by atoms with E-state index in [-0.39, 0.29) is 12.1 Å². The lowest BCUT2D eigenvalue weighted by Crippen LogP contribution is -2.49. The van der Waals surface area contributed by atoms with Gasteiger partial charge >= 0.3 is 5.97 Å². The highest BCUT2D eigenvalue weighted by Gasteiger charge is 2.32. The van der Waals surface area contributed by atoms with Gasteiger partial charge in [-0.05, 0) is 40.2 Å². The summed E-state index contributed by atoms with van der Waals surface area (Å²) in [4.78, 5) is 11.8. The summed E-state index contributed by atoms with van der Waals surface area (Å²) in [7, 11) is 1.77. The third-order valence-electron chi connectivity index (χ3n) is 3.20. The summed E-state index contributed by atoms with van der Waals surface area (Å²) in [6, 6.07) is 0. The molecule has 0 aromatic heterocycles. The Bertz CT molecular complexity index is 231. The Balaban J connectivity index is 4.16. The lowest BCUT2D eigenvalue weighted by atomic mass is 9.99. The molecule has 0 saturated heterocycles. The van der Waals surface area contributed by atoms with E-state index < -0.39 is 5.54 Å². The zero-order valence-electron chi connectivity index (χ0n) is 12.0. The standard InChI is InChI=1S/C13H27NO3/c1-7-16-12(15)13(5,14-6)8-9-17-11(4)10(2)3/h10-11,14H,7-9H2,1-6H3. The number of nitrogens with one attached hydrogen (secondary N) is 1. The monoisotopic (exact) mass is 245 g/mol. The van der Waals surface area contributed by atoms with Crippen molar-refractivity contribution in [2.24, 2.45) is 5.92 Å². The van der Waals surface area contributed by atoms with Crippen LogP contribution in [0.5, 0.6) is 0 Å². The average Bonchev–Trinajstić information content (AvgIpc) is 2.28. The predicted molar refractivity (Wildman–Crippen MR) is 69.0 cm³/mol. The van der Waals surface area contributed by atoms with Crippen LogP contribution in [0.15, 0.2) is 0 Å². The van der Waals surface area contributed by atoms with E-state index in [1.165, 1.54) is 0 Å². The quantitative estimate of drug-likeness (QED) is 0.664. The van der Waals surface area contributed by atoms with E-state index in [2.05, 4.69) is 19.2 Å². The molecule has 0 aliphatic heterocycles. The first-order chi connectivity index (χ1) is 7.87. The van der Waals surface area contributed by atoms with Gasteiger partial charge in [0.15, 0.2) is 0 Å². The van der Waals surface area contributed by atoms with Crippen LogP contribution in [0.3, 0.4) is 0 Å². The third-order valence-corrected chi connectivity index (χ3v) is 3.20. The van der Waals surface area contributed by atoms with Gasteiger partial charge in [0.2, 0.25) is 0 Å². The van der Waals surface area contributed by atoms with Crippen molar-refractivity contribution >= 4 is 5.97 Å². The van der Waals surface area contributed by atoms with Crippen LogP contribution in [-0.2, 0) is 14.3 Å². The Kier molecular flexibility index (Phi) is 7.39. The average molecular weight is 245 g/mol. The Morgan fingerprint density at radius 2 is 1.94 bits per heavy atom. The summed E-state index contributed by atoms with van der Waals surface area (Å²) in [6.07, 6.45) is 0.817. The number of carbonyl (C=O) groups is 1. The van der Waals surface area contributed by atoms with Crippen LogP contribution >= 0.6 is 0 Å². The van der Waals surface area contributed by atoms with Crippen LogP contribution in [-0.4, -0.2) is 37.9 Å². The zero-order valence-corrected chi connectivity index (χ0v) is 12.0. The summed E-state index contributed by atoms with van der Waals surface area (Å²) < 4.78 is 10.7. The highest BCUT2D eigenvalue weighted by atomic mass is 16.5. The third kappa shape index (κ3) is 5.50. The van der Waals surface area contributed by atoms with Crippen molar-refractivity contribution in [3.8, 4) is 0 Å². The molecule has 0 rings (SSSR count). The summed E-state index contributed by atoms with van der Waals surface area (Å²) in [6.45, 7) is 10.9. The van der Waals surface area contributed by atoms with Gasteiger partial charge in [-0.1, -0.05) is 13.8 Å². The molecular formula is C13H27NO3. The minimum atomic E-state index is -0.660. The molecule has 0 fully saturated rings. The van der Waals surface area contributed by atoms with Gasteiger partial charge in [-0.2, -0.15) is 0 Å². The number of esters is 1. The van der Waals surface area contributed by atoms with Gasteiger partial charge in [-0.3, -0.25) is 4.79 Å². The molecule has 4 nitrogen and oxygen atoms in total. The molecule has 0 amide bonds. The van der Waals surface area contributed by atoms with E-state index >= 15 is 0 Å². The maximum absolute atomic E-state index is 11.8. The Morgan fingerprint density at radius 1 is 1.35 bits per heavy atom. The topological polar surface area (TPSA) is 47.6 Å². The normalized spacial score (nSPS) is 16.6. The van der Waals surface area contributed by atoms with Crippen LogP contribution < -0.4 is 5.32 Å². The van der Waals surface area contributed by atoms with E-state index in [1.807, 2.05) is 20.8 Å². The summed E-state index contributed by atoms with van der Waals surface area (Å²) >= 11 is 0. The SMILES string of the molecule is CCOC(=O)C(C)(CCOC(C)C(C)C)NC. The minimum Gasteiger partial charge on any atom is -0.465 e. The van der Waals surface area contributed by atoms with Gasteiger partial charge in [0, 0.05) is 6.61 Å². The molecule has 0 saturated carbocycles. The zero-order chi connectivity index (χ0) is 13.5. The highest BCUT2D eigenvalue weighted by molar-refractivity contribution is 5.80. The first kappa shape index (κ1) is 16.4. The second kappa shape index (κ2) is 7.67. The first-order valence-corrected chi connectivity index (χ1v) is 6.35.